The van der Waals surface area contributed by atoms with Gasteiger partial charge in [-0.15, -0.1) is 6.58 Å². The number of amides is 2. The van der Waals surface area contributed by atoms with Gasteiger partial charge >= 0.3 is 0 Å². The van der Waals surface area contributed by atoms with Gasteiger partial charge in [0.25, 0.3) is 5.91 Å². The third-order valence-electron chi connectivity index (χ3n) is 7.55. The summed E-state index contributed by atoms with van der Waals surface area (Å²) in [6.45, 7) is 10.7. The molecule has 4 fully saturated rings. The summed E-state index contributed by atoms with van der Waals surface area (Å²) in [6.07, 6.45) is 7.77. The molecule has 2 amide bonds. The molecule has 5 heterocycles. The second kappa shape index (κ2) is 8.61. The minimum absolute atomic E-state index is 0.0733. The molecule has 2 bridgehead atoms. The average Bonchev–Trinajstić information content (AvgIpc) is 2.80. The van der Waals surface area contributed by atoms with Crippen LogP contribution in [0.2, 0.25) is 0 Å². The normalized spacial score (nSPS) is 29.0. The number of hydrogen-bond acceptors (Lipinski definition) is 5. The zero-order valence-electron chi connectivity index (χ0n) is 18.3. The van der Waals surface area contributed by atoms with Crippen molar-refractivity contribution in [3.63, 3.8) is 0 Å². The molecule has 2 unspecified atom stereocenters. The maximum Gasteiger partial charge on any atom is 0.255 e. The molecule has 4 aliphatic heterocycles. The van der Waals surface area contributed by atoms with E-state index in [9.17, 15) is 9.59 Å². The lowest BCUT2D eigenvalue weighted by Crippen LogP contribution is -2.60. The van der Waals surface area contributed by atoms with Crippen molar-refractivity contribution in [2.24, 2.45) is 11.8 Å². The number of aromatic nitrogens is 1. The average molecular weight is 424 g/mol. The van der Waals surface area contributed by atoms with Gasteiger partial charge < -0.3 is 14.7 Å². The Kier molecular flexibility index (Phi) is 5.69. The topological polar surface area (TPSA) is 60.0 Å². The molecule has 1 aromatic rings. The Bertz CT molecular complexity index is 833. The van der Waals surface area contributed by atoms with E-state index in [0.717, 1.165) is 77.4 Å². The fourth-order valence-corrected chi connectivity index (χ4v) is 6.00. The molecule has 0 aromatic carbocycles. The molecule has 4 saturated heterocycles. The highest BCUT2D eigenvalue weighted by molar-refractivity contribution is 5.94. The fraction of sp³-hybridized carbons (Fsp3) is 0.625. The molecule has 7 heteroatoms. The number of fused-ring (bicyclic) bond motifs is 4. The maximum atomic E-state index is 12.9. The standard InChI is InChI=1S/C24H33N5O2/c1-2-8-26-9-11-27(12-10-26)24(31)19-6-7-22(25-14-19)28-15-18-13-20(17-28)21-4-3-5-23(30)29(21)16-18/h2,6-7,14,18,20-21H,1,3-5,8-13,15-17H2/t18?,20?,21-/m1/s1. The van der Waals surface area contributed by atoms with E-state index in [1.807, 2.05) is 23.1 Å². The van der Waals surface area contributed by atoms with E-state index < -0.39 is 0 Å². The predicted molar refractivity (Wildman–Crippen MR) is 120 cm³/mol. The van der Waals surface area contributed by atoms with Gasteiger partial charge in [0.05, 0.1) is 5.56 Å². The van der Waals surface area contributed by atoms with Crippen LogP contribution in [-0.4, -0.2) is 89.9 Å². The minimum Gasteiger partial charge on any atom is -0.356 e. The summed E-state index contributed by atoms with van der Waals surface area (Å²) in [5.74, 6) is 2.44. The van der Waals surface area contributed by atoms with Crippen LogP contribution < -0.4 is 4.90 Å². The van der Waals surface area contributed by atoms with Crippen LogP contribution in [0.3, 0.4) is 0 Å². The van der Waals surface area contributed by atoms with Gasteiger partial charge in [0.2, 0.25) is 5.91 Å². The number of carbonyl (C=O) groups is 2. The molecule has 0 aliphatic carbocycles. The summed E-state index contributed by atoms with van der Waals surface area (Å²) in [5.41, 5.74) is 0.669. The van der Waals surface area contributed by atoms with E-state index in [1.165, 1.54) is 6.42 Å². The van der Waals surface area contributed by atoms with Gasteiger partial charge in [-0.1, -0.05) is 6.08 Å². The SMILES string of the molecule is C=CCN1CCN(C(=O)c2ccc(N3CC4CC(C3)[C@H]3CCCC(=O)N3C4)nc2)CC1. The highest BCUT2D eigenvalue weighted by Gasteiger charge is 2.44. The summed E-state index contributed by atoms with van der Waals surface area (Å²) in [6, 6.07) is 4.34. The van der Waals surface area contributed by atoms with Crippen molar-refractivity contribution in [3.8, 4) is 0 Å². The lowest BCUT2D eigenvalue weighted by molar-refractivity contribution is -0.142. The minimum atomic E-state index is 0.0733. The summed E-state index contributed by atoms with van der Waals surface area (Å²) >= 11 is 0. The molecule has 0 radical (unpaired) electrons. The zero-order valence-corrected chi connectivity index (χ0v) is 18.3. The molecule has 5 rings (SSSR count). The third kappa shape index (κ3) is 4.07. The summed E-state index contributed by atoms with van der Waals surface area (Å²) in [7, 11) is 0. The highest BCUT2D eigenvalue weighted by atomic mass is 16.2. The van der Waals surface area contributed by atoms with Gasteiger partial charge in [0, 0.05) is 71.0 Å². The van der Waals surface area contributed by atoms with Crippen LogP contribution in [0.4, 0.5) is 5.82 Å². The maximum absolute atomic E-state index is 12.9. The predicted octanol–water partition coefficient (Wildman–Crippen LogP) is 1.86. The lowest BCUT2D eigenvalue weighted by atomic mass is 9.76. The summed E-state index contributed by atoms with van der Waals surface area (Å²) < 4.78 is 0. The Morgan fingerprint density at radius 3 is 2.74 bits per heavy atom. The van der Waals surface area contributed by atoms with E-state index in [-0.39, 0.29) is 5.91 Å². The van der Waals surface area contributed by atoms with Crippen LogP contribution in [0, 0.1) is 11.8 Å². The van der Waals surface area contributed by atoms with Gasteiger partial charge in [-0.25, -0.2) is 4.98 Å². The largest absolute Gasteiger partial charge is 0.356 e. The second-order valence-electron chi connectivity index (χ2n) is 9.56. The number of piperazine rings is 1. The van der Waals surface area contributed by atoms with E-state index in [1.54, 1.807) is 6.20 Å². The smallest absolute Gasteiger partial charge is 0.255 e. The van der Waals surface area contributed by atoms with E-state index in [2.05, 4.69) is 26.3 Å². The van der Waals surface area contributed by atoms with Crippen LogP contribution in [0.1, 0.15) is 36.0 Å². The first-order valence-electron chi connectivity index (χ1n) is 11.8. The monoisotopic (exact) mass is 423 g/mol. The number of nitrogens with zero attached hydrogens (tertiary/aromatic N) is 5. The Morgan fingerprint density at radius 2 is 2.00 bits per heavy atom. The number of piperidine rings is 3. The second-order valence-corrected chi connectivity index (χ2v) is 9.56. The fourth-order valence-electron chi connectivity index (χ4n) is 6.00. The molecule has 7 nitrogen and oxygen atoms in total. The van der Waals surface area contributed by atoms with Crippen LogP contribution in [0.15, 0.2) is 31.0 Å². The molecule has 0 spiro atoms. The number of hydrogen-bond donors (Lipinski definition) is 0. The summed E-state index contributed by atoms with van der Waals surface area (Å²) in [4.78, 5) is 38.7. The molecule has 166 valence electrons. The third-order valence-corrected chi connectivity index (χ3v) is 7.55. The highest BCUT2D eigenvalue weighted by Crippen LogP contribution is 2.38. The Morgan fingerprint density at radius 1 is 1.16 bits per heavy atom. The molecule has 31 heavy (non-hydrogen) atoms. The Hall–Kier alpha value is -2.41. The van der Waals surface area contributed by atoms with Crippen LogP contribution in [0.5, 0.6) is 0 Å². The Labute approximate surface area is 184 Å². The van der Waals surface area contributed by atoms with Crippen molar-refractivity contribution >= 4 is 17.6 Å². The van der Waals surface area contributed by atoms with E-state index in [0.29, 0.717) is 29.3 Å². The lowest BCUT2D eigenvalue weighted by Gasteiger charge is -2.52. The van der Waals surface area contributed by atoms with Crippen LogP contribution >= 0.6 is 0 Å². The van der Waals surface area contributed by atoms with Gasteiger partial charge in [0.1, 0.15) is 5.82 Å². The number of pyridine rings is 1. The van der Waals surface area contributed by atoms with Crippen molar-refractivity contribution in [1.82, 2.24) is 19.7 Å². The molecular weight excluding hydrogens is 390 g/mol. The van der Waals surface area contributed by atoms with Crippen LogP contribution in [0.25, 0.3) is 0 Å². The molecule has 1 aromatic heterocycles. The number of anilines is 1. The van der Waals surface area contributed by atoms with Crippen LogP contribution in [-0.2, 0) is 4.79 Å². The number of rotatable bonds is 4. The summed E-state index contributed by atoms with van der Waals surface area (Å²) in [5, 5.41) is 0. The van der Waals surface area contributed by atoms with E-state index in [4.69, 9.17) is 0 Å². The quantitative estimate of drug-likeness (QED) is 0.692. The number of carbonyl (C=O) groups excluding carboxylic acids is 2. The molecule has 4 aliphatic rings. The molecule has 0 N–H and O–H groups in total. The van der Waals surface area contributed by atoms with Gasteiger partial charge in [-0.3, -0.25) is 14.5 Å². The van der Waals surface area contributed by atoms with Crippen molar-refractivity contribution < 1.29 is 9.59 Å². The first-order valence-corrected chi connectivity index (χ1v) is 11.8. The van der Waals surface area contributed by atoms with E-state index >= 15 is 0 Å². The molecule has 3 atom stereocenters. The van der Waals surface area contributed by atoms with Gasteiger partial charge in [-0.2, -0.15) is 0 Å². The van der Waals surface area contributed by atoms with Crippen molar-refractivity contribution in [2.75, 3.05) is 57.3 Å². The molecular formula is C24H33N5O2. The van der Waals surface area contributed by atoms with Gasteiger partial charge in [0.15, 0.2) is 0 Å². The van der Waals surface area contributed by atoms with Gasteiger partial charge in [-0.05, 0) is 43.2 Å². The first kappa shape index (κ1) is 20.5. The Balaban J connectivity index is 1.22. The van der Waals surface area contributed by atoms with Crippen molar-refractivity contribution in [1.29, 1.82) is 0 Å². The first-order chi connectivity index (χ1) is 15.1. The molecule has 0 saturated carbocycles. The van der Waals surface area contributed by atoms with Crippen molar-refractivity contribution in [3.05, 3.63) is 36.5 Å². The zero-order chi connectivity index (χ0) is 21.4. The van der Waals surface area contributed by atoms with Crippen molar-refractivity contribution in [2.45, 2.75) is 31.7 Å².